The molecule has 10 heteroatoms. The summed E-state index contributed by atoms with van der Waals surface area (Å²) < 4.78 is 29.2. The lowest BCUT2D eigenvalue weighted by Crippen LogP contribution is -2.53. The molecule has 0 spiro atoms. The van der Waals surface area contributed by atoms with Gasteiger partial charge >= 0.3 is 0 Å². The predicted octanol–water partition coefficient (Wildman–Crippen LogP) is 4.53. The van der Waals surface area contributed by atoms with Crippen molar-refractivity contribution in [3.8, 4) is 12.1 Å². The molecule has 1 unspecified atom stereocenters. The van der Waals surface area contributed by atoms with Crippen LogP contribution < -0.4 is 10.5 Å². The highest BCUT2D eigenvalue weighted by atomic mass is 19.1. The lowest BCUT2D eigenvalue weighted by Gasteiger charge is -2.45. The fourth-order valence-corrected chi connectivity index (χ4v) is 5.06. The molecular formula is C29H27F2N7O. The average Bonchev–Trinajstić information content (AvgIpc) is 2.92. The smallest absolute Gasteiger partial charge is 0.270 e. The molecule has 3 heterocycles. The van der Waals surface area contributed by atoms with Crippen LogP contribution in [0.4, 0.5) is 14.5 Å². The van der Waals surface area contributed by atoms with Crippen molar-refractivity contribution in [1.82, 2.24) is 14.5 Å². The van der Waals surface area contributed by atoms with Crippen LogP contribution in [0, 0.1) is 28.5 Å². The Morgan fingerprint density at radius 3 is 2.62 bits per heavy atom. The Kier molecular flexibility index (Phi) is 7.99. The van der Waals surface area contributed by atoms with Gasteiger partial charge in [-0.25, -0.2) is 13.8 Å². The molecule has 198 valence electrons. The highest BCUT2D eigenvalue weighted by Crippen LogP contribution is 2.35. The maximum atomic E-state index is 14.3. The first-order valence-electron chi connectivity index (χ1n) is 12.3. The zero-order chi connectivity index (χ0) is 28.3. The number of anilines is 1. The molecule has 4 rings (SSSR count). The van der Waals surface area contributed by atoms with Gasteiger partial charge in [0.05, 0.1) is 28.8 Å². The molecule has 1 aromatic carbocycles. The van der Waals surface area contributed by atoms with Crippen molar-refractivity contribution in [3.05, 3.63) is 93.1 Å². The average molecular weight is 528 g/mol. The number of fused-ring (bicyclic) bond motifs is 1. The van der Waals surface area contributed by atoms with Gasteiger partial charge in [0.2, 0.25) is 0 Å². The summed E-state index contributed by atoms with van der Waals surface area (Å²) in [5.41, 5.74) is 2.05. The molecule has 1 aliphatic heterocycles. The van der Waals surface area contributed by atoms with E-state index in [4.69, 9.17) is 0 Å². The van der Waals surface area contributed by atoms with Gasteiger partial charge in [-0.1, -0.05) is 12.1 Å². The molecule has 0 N–H and O–H groups in total. The van der Waals surface area contributed by atoms with Crippen LogP contribution in [-0.2, 0) is 7.05 Å². The number of rotatable bonds is 6. The SMILES string of the molecule is C=N/C(=C\C=C(/C)F)C(c1cccc(F)c1)N1CCN(c2c(C#N)c(=O)n(C)c3ccc(C#N)nc23)C[C@H]1C. The number of nitriles is 2. The van der Waals surface area contributed by atoms with Gasteiger partial charge in [-0.15, -0.1) is 0 Å². The van der Waals surface area contributed by atoms with Crippen molar-refractivity contribution in [1.29, 1.82) is 10.5 Å². The molecule has 1 fully saturated rings. The Hall–Kier alpha value is -4.67. The molecule has 1 aliphatic rings. The van der Waals surface area contributed by atoms with E-state index in [1.807, 2.05) is 24.0 Å². The molecule has 0 amide bonds. The van der Waals surface area contributed by atoms with E-state index in [2.05, 4.69) is 21.6 Å². The molecule has 2 aromatic heterocycles. The van der Waals surface area contributed by atoms with E-state index in [-0.39, 0.29) is 17.3 Å². The molecule has 2 atom stereocenters. The summed E-state index contributed by atoms with van der Waals surface area (Å²) in [6.07, 6.45) is 2.83. The second kappa shape index (κ2) is 11.4. The van der Waals surface area contributed by atoms with Gasteiger partial charge in [0, 0.05) is 32.7 Å². The molecule has 0 aliphatic carbocycles. The van der Waals surface area contributed by atoms with Crippen molar-refractivity contribution >= 4 is 23.4 Å². The van der Waals surface area contributed by atoms with E-state index in [1.54, 1.807) is 25.2 Å². The summed E-state index contributed by atoms with van der Waals surface area (Å²) in [6.45, 7) is 8.19. The van der Waals surface area contributed by atoms with Gasteiger partial charge in [0.15, 0.2) is 0 Å². The quantitative estimate of drug-likeness (QED) is 0.345. The Balaban J connectivity index is 1.80. The van der Waals surface area contributed by atoms with Gasteiger partial charge in [0.25, 0.3) is 5.56 Å². The number of piperazine rings is 1. The highest BCUT2D eigenvalue weighted by molar-refractivity contribution is 5.92. The minimum Gasteiger partial charge on any atom is -0.366 e. The first kappa shape index (κ1) is 27.4. The zero-order valence-electron chi connectivity index (χ0n) is 21.9. The van der Waals surface area contributed by atoms with Crippen LogP contribution >= 0.6 is 0 Å². The van der Waals surface area contributed by atoms with Crippen LogP contribution in [0.5, 0.6) is 0 Å². The standard InChI is InChI=1S/C29H27F2N7O/c1-18(30)8-10-24(34-3)27(20-6-5-7-21(31)14-20)38-13-12-37(17-19(38)2)28-23(16-33)29(39)36(4)25-11-9-22(15-32)35-26(25)28/h5-11,14,19,27H,3,12-13,17H2,1-2,4H3/b18-8+,24-10-/t19-,27?/m1/s1. The number of aryl methyl sites for hydroxylation is 1. The summed E-state index contributed by atoms with van der Waals surface area (Å²) in [4.78, 5) is 25.7. The van der Waals surface area contributed by atoms with E-state index in [9.17, 15) is 24.1 Å². The van der Waals surface area contributed by atoms with Crippen LogP contribution in [0.25, 0.3) is 11.0 Å². The number of hydrogen-bond acceptors (Lipinski definition) is 7. The third kappa shape index (κ3) is 5.33. The molecular weight excluding hydrogens is 500 g/mol. The van der Waals surface area contributed by atoms with E-state index < -0.39 is 23.2 Å². The van der Waals surface area contributed by atoms with Crippen molar-refractivity contribution in [2.45, 2.75) is 25.9 Å². The van der Waals surface area contributed by atoms with Gasteiger partial charge in [-0.2, -0.15) is 10.5 Å². The lowest BCUT2D eigenvalue weighted by molar-refractivity contribution is 0.147. The highest BCUT2D eigenvalue weighted by Gasteiger charge is 2.34. The summed E-state index contributed by atoms with van der Waals surface area (Å²) in [5, 5.41) is 19.4. The maximum absolute atomic E-state index is 14.3. The van der Waals surface area contributed by atoms with Gasteiger partial charge in [-0.05, 0) is 62.5 Å². The normalized spacial score (nSPS) is 17.5. The van der Waals surface area contributed by atoms with E-state index in [0.29, 0.717) is 47.6 Å². The van der Waals surface area contributed by atoms with Crippen LogP contribution in [0.3, 0.4) is 0 Å². The number of pyridine rings is 2. The van der Waals surface area contributed by atoms with Gasteiger partial charge < -0.3 is 9.47 Å². The third-order valence-corrected chi connectivity index (χ3v) is 6.88. The first-order chi connectivity index (χ1) is 18.7. The van der Waals surface area contributed by atoms with Crippen molar-refractivity contribution in [2.75, 3.05) is 24.5 Å². The van der Waals surface area contributed by atoms with Crippen LogP contribution in [0.1, 0.15) is 36.7 Å². The zero-order valence-corrected chi connectivity index (χ0v) is 21.9. The van der Waals surface area contributed by atoms with Crippen LogP contribution in [0.2, 0.25) is 0 Å². The molecule has 8 nitrogen and oxygen atoms in total. The summed E-state index contributed by atoms with van der Waals surface area (Å²) >= 11 is 0. The van der Waals surface area contributed by atoms with E-state index >= 15 is 0 Å². The number of halogens is 2. The topological polar surface area (TPSA) is 101 Å². The molecule has 1 saturated heterocycles. The second-order valence-electron chi connectivity index (χ2n) is 9.37. The Morgan fingerprint density at radius 2 is 2.00 bits per heavy atom. The summed E-state index contributed by atoms with van der Waals surface area (Å²) in [7, 11) is 1.57. The fourth-order valence-electron chi connectivity index (χ4n) is 5.06. The number of allylic oxidation sites excluding steroid dienone is 3. The maximum Gasteiger partial charge on any atom is 0.270 e. The minimum absolute atomic E-state index is 0.0492. The fraction of sp³-hybridized carbons (Fsp3) is 0.276. The summed E-state index contributed by atoms with van der Waals surface area (Å²) in [6, 6.07) is 12.7. The summed E-state index contributed by atoms with van der Waals surface area (Å²) in [5.74, 6) is -0.813. The van der Waals surface area contributed by atoms with Crippen molar-refractivity contribution in [3.63, 3.8) is 0 Å². The van der Waals surface area contributed by atoms with Gasteiger partial charge in [-0.3, -0.25) is 14.7 Å². The number of hydrogen-bond donors (Lipinski definition) is 0. The van der Waals surface area contributed by atoms with Crippen molar-refractivity contribution < 1.29 is 8.78 Å². The lowest BCUT2D eigenvalue weighted by atomic mass is 9.97. The van der Waals surface area contributed by atoms with Crippen molar-refractivity contribution in [2.24, 2.45) is 12.0 Å². The molecule has 0 radical (unpaired) electrons. The Bertz CT molecular complexity index is 1640. The molecule has 0 saturated carbocycles. The first-order valence-corrected chi connectivity index (χ1v) is 12.3. The molecule has 3 aromatic rings. The van der Waals surface area contributed by atoms with E-state index in [0.717, 1.165) is 0 Å². The monoisotopic (exact) mass is 527 g/mol. The molecule has 39 heavy (non-hydrogen) atoms. The van der Waals surface area contributed by atoms with Gasteiger partial charge in [0.1, 0.15) is 34.7 Å². The number of aromatic nitrogens is 2. The van der Waals surface area contributed by atoms with E-state index in [1.165, 1.54) is 41.8 Å². The Morgan fingerprint density at radius 1 is 1.23 bits per heavy atom. The Labute approximate surface area is 225 Å². The second-order valence-corrected chi connectivity index (χ2v) is 9.37. The number of aliphatic imine (C=N–C) groups is 1. The van der Waals surface area contributed by atoms with Crippen LogP contribution in [0.15, 0.2) is 69.9 Å². The number of nitrogens with zero attached hydrogens (tertiary/aromatic N) is 7. The molecule has 0 bridgehead atoms. The minimum atomic E-state index is -0.523. The van der Waals surface area contributed by atoms with Crippen LogP contribution in [-0.4, -0.2) is 46.8 Å². The third-order valence-electron chi connectivity index (χ3n) is 6.88. The number of benzene rings is 1. The largest absolute Gasteiger partial charge is 0.366 e. The predicted molar refractivity (Wildman–Crippen MR) is 146 cm³/mol.